The van der Waals surface area contributed by atoms with Gasteiger partial charge >= 0.3 is 0 Å². The third kappa shape index (κ3) is 3.33. The van der Waals surface area contributed by atoms with Gasteiger partial charge in [-0.1, -0.05) is 11.2 Å². The minimum absolute atomic E-state index is 0.00973. The van der Waals surface area contributed by atoms with Crippen LogP contribution in [0.3, 0.4) is 0 Å². The third-order valence-electron chi connectivity index (χ3n) is 5.00. The molecule has 0 aliphatic carbocycles. The van der Waals surface area contributed by atoms with E-state index in [0.29, 0.717) is 28.6 Å². The molecule has 0 unspecified atom stereocenters. The molecule has 0 saturated carbocycles. The maximum atomic E-state index is 13.3. The van der Waals surface area contributed by atoms with Crippen LogP contribution in [-0.4, -0.2) is 36.2 Å². The molecule has 0 bridgehead atoms. The summed E-state index contributed by atoms with van der Waals surface area (Å²) in [7, 11) is 2.98. The molecule has 0 radical (unpaired) electrons. The molecular weight excluding hydrogens is 404 g/mol. The van der Waals surface area contributed by atoms with Gasteiger partial charge in [0.25, 0.3) is 5.91 Å². The highest BCUT2D eigenvalue weighted by molar-refractivity contribution is 6.20. The lowest BCUT2D eigenvalue weighted by atomic mass is 9.94. The molecule has 9 nitrogen and oxygen atoms in total. The highest BCUT2D eigenvalue weighted by Crippen LogP contribution is 2.43. The van der Waals surface area contributed by atoms with Crippen LogP contribution in [0.4, 0.5) is 5.82 Å². The van der Waals surface area contributed by atoms with Crippen molar-refractivity contribution in [2.45, 2.75) is 19.9 Å². The van der Waals surface area contributed by atoms with Gasteiger partial charge in [-0.3, -0.25) is 14.5 Å². The Kier molecular flexibility index (Phi) is 5.02. The average Bonchev–Trinajstić information content (AvgIpc) is 3.45. The molecule has 0 spiro atoms. The monoisotopic (exact) mass is 424 g/mol. The second-order valence-electron chi connectivity index (χ2n) is 6.99. The minimum Gasteiger partial charge on any atom is -0.503 e. The highest BCUT2D eigenvalue weighted by atomic mass is 16.5. The quantitative estimate of drug-likeness (QED) is 0.596. The summed E-state index contributed by atoms with van der Waals surface area (Å²) in [5.74, 6) is -0.0319. The van der Waals surface area contributed by atoms with Gasteiger partial charge in [0.1, 0.15) is 11.5 Å². The van der Waals surface area contributed by atoms with Gasteiger partial charge in [-0.15, -0.1) is 0 Å². The fourth-order valence-corrected chi connectivity index (χ4v) is 3.57. The molecule has 31 heavy (non-hydrogen) atoms. The molecule has 0 fully saturated rings. The lowest BCUT2D eigenvalue weighted by Gasteiger charge is -2.24. The first-order valence-corrected chi connectivity index (χ1v) is 9.38. The molecule has 1 N–H and O–H groups in total. The summed E-state index contributed by atoms with van der Waals surface area (Å²) < 4.78 is 21.2. The number of aryl methyl sites for hydroxylation is 2. The Bertz CT molecular complexity index is 1200. The van der Waals surface area contributed by atoms with Crippen LogP contribution in [0.2, 0.25) is 0 Å². The molecular formula is C22H20N2O7. The van der Waals surface area contributed by atoms with Gasteiger partial charge in [0.15, 0.2) is 28.8 Å². The number of furan rings is 1. The summed E-state index contributed by atoms with van der Waals surface area (Å²) in [6, 6.07) is 8.65. The zero-order chi connectivity index (χ0) is 22.3. The fraction of sp³-hybridized carbons (Fsp3) is 0.227. The number of rotatable bonds is 6. The maximum Gasteiger partial charge on any atom is 0.295 e. The van der Waals surface area contributed by atoms with Crippen LogP contribution < -0.4 is 14.4 Å². The average molecular weight is 424 g/mol. The summed E-state index contributed by atoms with van der Waals surface area (Å²) in [5.41, 5.74) is 0.370. The number of anilines is 1. The second kappa shape index (κ2) is 7.67. The number of aliphatic hydroxyl groups excluding tert-OH is 1. The fourth-order valence-electron chi connectivity index (χ4n) is 3.57. The Labute approximate surface area is 177 Å². The molecule has 160 valence electrons. The third-order valence-corrected chi connectivity index (χ3v) is 5.00. The van der Waals surface area contributed by atoms with Crippen LogP contribution in [0.1, 0.15) is 33.7 Å². The number of nitrogens with zero attached hydrogens (tertiary/aromatic N) is 2. The normalized spacial score (nSPS) is 16.2. The van der Waals surface area contributed by atoms with Crippen molar-refractivity contribution >= 4 is 17.5 Å². The van der Waals surface area contributed by atoms with Crippen molar-refractivity contribution in [3.8, 4) is 11.5 Å². The number of ether oxygens (including phenoxy) is 2. The van der Waals surface area contributed by atoms with E-state index in [1.165, 1.54) is 25.2 Å². The molecule has 4 rings (SSSR count). The molecule has 3 heterocycles. The van der Waals surface area contributed by atoms with Crippen LogP contribution in [0.15, 0.2) is 56.7 Å². The first-order chi connectivity index (χ1) is 14.8. The molecule has 1 amide bonds. The van der Waals surface area contributed by atoms with Gasteiger partial charge in [-0.2, -0.15) is 0 Å². The molecule has 1 atom stereocenters. The molecule has 1 aliphatic rings. The number of benzene rings is 1. The van der Waals surface area contributed by atoms with Crippen LogP contribution in [0, 0.1) is 13.8 Å². The first-order valence-electron chi connectivity index (χ1n) is 9.38. The van der Waals surface area contributed by atoms with Crippen molar-refractivity contribution in [3.05, 3.63) is 70.6 Å². The number of hydrogen-bond acceptors (Lipinski definition) is 8. The number of aromatic nitrogens is 1. The topological polar surface area (TPSA) is 115 Å². The van der Waals surface area contributed by atoms with Crippen LogP contribution in [0.5, 0.6) is 11.5 Å². The van der Waals surface area contributed by atoms with Crippen molar-refractivity contribution in [1.29, 1.82) is 0 Å². The van der Waals surface area contributed by atoms with E-state index >= 15 is 0 Å². The highest BCUT2D eigenvalue weighted by Gasteiger charge is 2.46. The molecule has 1 aromatic carbocycles. The van der Waals surface area contributed by atoms with E-state index in [9.17, 15) is 14.7 Å². The van der Waals surface area contributed by atoms with E-state index in [-0.39, 0.29) is 17.2 Å². The summed E-state index contributed by atoms with van der Waals surface area (Å²) in [6.07, 6.45) is 0. The SMILES string of the molecule is COc1ccc([C@H]2C(C(=O)c3ccc(C)o3)=C(O)C(=O)N2c2cc(C)on2)cc1OC. The maximum absolute atomic E-state index is 13.3. The standard InChI is InChI=1S/C22H20N2O7/c1-11-5-7-15(30-11)20(25)18-19(13-6-8-14(28-3)16(10-13)29-4)24(22(27)21(18)26)17-9-12(2)31-23-17/h5-10,19,26H,1-4H3/t19-/m0/s1. The zero-order valence-electron chi connectivity index (χ0n) is 17.3. The van der Waals surface area contributed by atoms with Gasteiger partial charge in [0.2, 0.25) is 5.78 Å². The molecule has 2 aromatic heterocycles. The predicted molar refractivity (Wildman–Crippen MR) is 108 cm³/mol. The summed E-state index contributed by atoms with van der Waals surface area (Å²) >= 11 is 0. The van der Waals surface area contributed by atoms with E-state index in [2.05, 4.69) is 5.16 Å². The molecule has 9 heteroatoms. The van der Waals surface area contributed by atoms with Gasteiger partial charge in [-0.25, -0.2) is 0 Å². The number of hydrogen-bond donors (Lipinski definition) is 1. The Morgan fingerprint density at radius 3 is 2.39 bits per heavy atom. The zero-order valence-corrected chi connectivity index (χ0v) is 17.3. The van der Waals surface area contributed by atoms with E-state index < -0.39 is 23.5 Å². The Hall–Kier alpha value is -4.01. The first kappa shape index (κ1) is 20.3. The van der Waals surface area contributed by atoms with E-state index in [4.69, 9.17) is 18.4 Å². The lowest BCUT2D eigenvalue weighted by Crippen LogP contribution is -2.31. The predicted octanol–water partition coefficient (Wildman–Crippen LogP) is 3.68. The second-order valence-corrected chi connectivity index (χ2v) is 6.99. The van der Waals surface area contributed by atoms with Crippen molar-refractivity contribution in [2.75, 3.05) is 19.1 Å². The number of carbonyl (C=O) groups is 2. The number of amides is 1. The number of Topliss-reactive ketones (excluding diaryl/α,β-unsaturated/α-hetero) is 1. The Balaban J connectivity index is 1.89. The Morgan fingerprint density at radius 2 is 1.81 bits per heavy atom. The molecule has 3 aromatic rings. The van der Waals surface area contributed by atoms with Gasteiger partial charge in [-0.05, 0) is 43.7 Å². The Morgan fingerprint density at radius 1 is 1.06 bits per heavy atom. The largest absolute Gasteiger partial charge is 0.503 e. The van der Waals surface area contributed by atoms with Crippen LogP contribution in [0.25, 0.3) is 0 Å². The van der Waals surface area contributed by atoms with Crippen molar-refractivity contribution in [1.82, 2.24) is 5.16 Å². The van der Waals surface area contributed by atoms with E-state index in [1.807, 2.05) is 0 Å². The number of carbonyl (C=O) groups excluding carboxylic acids is 2. The van der Waals surface area contributed by atoms with Gasteiger partial charge in [0.05, 0.1) is 25.8 Å². The van der Waals surface area contributed by atoms with Gasteiger partial charge < -0.3 is 23.5 Å². The van der Waals surface area contributed by atoms with Crippen molar-refractivity contribution in [3.63, 3.8) is 0 Å². The summed E-state index contributed by atoms with van der Waals surface area (Å²) in [6.45, 7) is 3.37. The summed E-state index contributed by atoms with van der Waals surface area (Å²) in [5, 5.41) is 14.6. The van der Waals surface area contributed by atoms with E-state index in [1.54, 1.807) is 44.2 Å². The van der Waals surface area contributed by atoms with Crippen molar-refractivity contribution < 1.29 is 33.1 Å². The smallest absolute Gasteiger partial charge is 0.295 e. The van der Waals surface area contributed by atoms with Crippen LogP contribution in [-0.2, 0) is 4.79 Å². The number of methoxy groups -OCH3 is 2. The summed E-state index contributed by atoms with van der Waals surface area (Å²) in [4.78, 5) is 27.5. The van der Waals surface area contributed by atoms with Crippen LogP contribution >= 0.6 is 0 Å². The van der Waals surface area contributed by atoms with Gasteiger partial charge in [0, 0.05) is 6.07 Å². The van der Waals surface area contributed by atoms with Crippen molar-refractivity contribution in [2.24, 2.45) is 0 Å². The number of ketones is 1. The lowest BCUT2D eigenvalue weighted by molar-refractivity contribution is -0.117. The molecule has 0 saturated heterocycles. The van der Waals surface area contributed by atoms with E-state index in [0.717, 1.165) is 0 Å². The number of aliphatic hydroxyl groups is 1. The minimum atomic E-state index is -0.991. The molecule has 1 aliphatic heterocycles.